The van der Waals surface area contributed by atoms with Crippen molar-refractivity contribution in [3.05, 3.63) is 70.2 Å². The Labute approximate surface area is 239 Å². The first kappa shape index (κ1) is 27.3. The van der Waals surface area contributed by atoms with Gasteiger partial charge in [0.15, 0.2) is 17.4 Å². The van der Waals surface area contributed by atoms with Crippen LogP contribution in [0.3, 0.4) is 0 Å². The van der Waals surface area contributed by atoms with Gasteiger partial charge in [0.1, 0.15) is 11.9 Å². The Hall–Kier alpha value is -4.90. The van der Waals surface area contributed by atoms with E-state index >= 15 is 0 Å². The number of hydrogen-bond donors (Lipinski definition) is 1. The van der Waals surface area contributed by atoms with E-state index in [0.717, 1.165) is 12.3 Å². The summed E-state index contributed by atoms with van der Waals surface area (Å²) in [4.78, 5) is 31.6. The number of likely N-dealkylation sites (tertiary alicyclic amines) is 1. The molecule has 3 amide bonds. The summed E-state index contributed by atoms with van der Waals surface area (Å²) in [5.41, 5.74) is 2.07. The van der Waals surface area contributed by atoms with Gasteiger partial charge < -0.3 is 19.7 Å². The highest BCUT2D eigenvalue weighted by atomic mass is 19.1. The highest BCUT2D eigenvalue weighted by Crippen LogP contribution is 2.32. The molecule has 6 rings (SSSR count). The summed E-state index contributed by atoms with van der Waals surface area (Å²) in [6.45, 7) is 4.72. The number of nitriles is 1. The normalized spacial score (nSPS) is 18.4. The van der Waals surface area contributed by atoms with Crippen LogP contribution in [0.4, 0.5) is 13.6 Å². The fourth-order valence-electron chi connectivity index (χ4n) is 5.12. The van der Waals surface area contributed by atoms with Gasteiger partial charge in [0.25, 0.3) is 5.91 Å². The molecule has 0 radical (unpaired) electrons. The number of nitrogens with one attached hydrogen (secondary N) is 1. The molecule has 1 N–H and O–H groups in total. The molecule has 3 aliphatic rings. The van der Waals surface area contributed by atoms with Crippen molar-refractivity contribution in [2.24, 2.45) is 5.10 Å². The predicted molar refractivity (Wildman–Crippen MR) is 143 cm³/mol. The average Bonchev–Trinajstić information content (AvgIpc) is 3.52. The van der Waals surface area contributed by atoms with Crippen LogP contribution in [0, 0.1) is 36.8 Å². The molecule has 3 aromatic rings. The van der Waals surface area contributed by atoms with Gasteiger partial charge in [-0.15, -0.1) is 0 Å². The van der Waals surface area contributed by atoms with Gasteiger partial charge in [-0.3, -0.25) is 4.79 Å². The average molecular weight is 577 g/mol. The first-order valence-electron chi connectivity index (χ1n) is 13.3. The summed E-state index contributed by atoms with van der Waals surface area (Å²) in [5, 5.41) is 21.9. The molecule has 2 fully saturated rings. The standard InChI is InChI=1S/C28H26F2N8O4/c1-15-26(27(39)34-20-13-41-14-20)16(2)37(35-15)25-8-24(22(30)10-32-25)42-21-11-36(12-21)28(40)38-23(3-4-33-38)18-5-17(9-31)6-19(29)7-18/h4-8,10,20-21,23H,3,11-14H2,1-2H3,(H,34,39)/t23-/m0/s1. The van der Waals surface area contributed by atoms with E-state index in [1.807, 2.05) is 6.07 Å². The van der Waals surface area contributed by atoms with Crippen molar-refractivity contribution >= 4 is 18.2 Å². The number of hydrogen-bond acceptors (Lipinski definition) is 8. The largest absolute Gasteiger partial charge is 0.483 e. The Kier molecular flexibility index (Phi) is 7.03. The highest BCUT2D eigenvalue weighted by molar-refractivity contribution is 5.96. The van der Waals surface area contributed by atoms with Crippen molar-refractivity contribution in [3.63, 3.8) is 0 Å². The Morgan fingerprint density at radius 1 is 1.17 bits per heavy atom. The van der Waals surface area contributed by atoms with Crippen molar-refractivity contribution in [3.8, 4) is 17.6 Å². The van der Waals surface area contributed by atoms with Gasteiger partial charge in [-0.25, -0.2) is 28.3 Å². The predicted octanol–water partition coefficient (Wildman–Crippen LogP) is 2.78. The maximum Gasteiger partial charge on any atom is 0.341 e. The molecule has 12 nitrogen and oxygen atoms in total. The second-order valence-corrected chi connectivity index (χ2v) is 10.3. The number of pyridine rings is 1. The zero-order valence-corrected chi connectivity index (χ0v) is 22.8. The molecule has 0 aliphatic carbocycles. The first-order valence-corrected chi connectivity index (χ1v) is 13.3. The van der Waals surface area contributed by atoms with Crippen LogP contribution < -0.4 is 10.1 Å². The third-order valence-corrected chi connectivity index (χ3v) is 7.39. The monoisotopic (exact) mass is 576 g/mol. The van der Waals surface area contributed by atoms with E-state index in [4.69, 9.17) is 9.47 Å². The summed E-state index contributed by atoms with van der Waals surface area (Å²) < 4.78 is 41.1. The van der Waals surface area contributed by atoms with Crippen LogP contribution in [0.25, 0.3) is 5.82 Å². The number of nitrogens with zero attached hydrogens (tertiary/aromatic N) is 7. The summed E-state index contributed by atoms with van der Waals surface area (Å²) in [6.07, 6.45) is 2.47. The van der Waals surface area contributed by atoms with Gasteiger partial charge in [-0.2, -0.15) is 15.5 Å². The van der Waals surface area contributed by atoms with Crippen LogP contribution in [0.2, 0.25) is 0 Å². The van der Waals surface area contributed by atoms with E-state index in [0.29, 0.717) is 42.1 Å². The number of amides is 3. The van der Waals surface area contributed by atoms with Crippen molar-refractivity contribution in [2.75, 3.05) is 26.3 Å². The molecular formula is C28H26F2N8O4. The molecule has 5 heterocycles. The van der Waals surface area contributed by atoms with Crippen LogP contribution in [-0.2, 0) is 4.74 Å². The third kappa shape index (κ3) is 5.03. The maximum atomic E-state index is 14.7. The molecule has 2 aromatic heterocycles. The Bertz CT molecular complexity index is 1640. The second kappa shape index (κ2) is 10.8. The van der Waals surface area contributed by atoms with Crippen molar-refractivity contribution in [1.82, 2.24) is 30.0 Å². The quantitative estimate of drug-likeness (QED) is 0.476. The van der Waals surface area contributed by atoms with Gasteiger partial charge in [0.05, 0.1) is 73.2 Å². The van der Waals surface area contributed by atoms with Gasteiger partial charge in [0, 0.05) is 18.7 Å². The SMILES string of the molecule is Cc1nn(-c2cc(OC3CN(C(=O)N4N=CC[C@H]4c4cc(F)cc(C#N)c4)C3)c(F)cn2)c(C)c1C(=O)NC1COC1. The lowest BCUT2D eigenvalue weighted by Gasteiger charge is -2.41. The summed E-state index contributed by atoms with van der Waals surface area (Å²) >= 11 is 0. The highest BCUT2D eigenvalue weighted by Gasteiger charge is 2.39. The number of carbonyl (C=O) groups excluding carboxylic acids is 2. The number of aryl methyl sites for hydroxylation is 1. The zero-order chi connectivity index (χ0) is 29.5. The zero-order valence-electron chi connectivity index (χ0n) is 22.8. The number of carbonyl (C=O) groups is 2. The molecule has 216 valence electrons. The molecule has 0 bridgehead atoms. The fourth-order valence-corrected chi connectivity index (χ4v) is 5.12. The van der Waals surface area contributed by atoms with Crippen LogP contribution in [0.5, 0.6) is 5.75 Å². The van der Waals surface area contributed by atoms with Gasteiger partial charge in [-0.1, -0.05) is 0 Å². The number of halogens is 2. The minimum atomic E-state index is -0.684. The van der Waals surface area contributed by atoms with Crippen molar-refractivity contribution in [2.45, 2.75) is 38.5 Å². The van der Waals surface area contributed by atoms with Crippen molar-refractivity contribution < 1.29 is 27.8 Å². The van der Waals surface area contributed by atoms with Crippen LogP contribution in [-0.4, -0.2) is 81.3 Å². The van der Waals surface area contributed by atoms with Gasteiger partial charge in [-0.05, 0) is 37.6 Å². The molecule has 1 atom stereocenters. The fraction of sp³-hybridized carbons (Fsp3) is 0.357. The molecule has 42 heavy (non-hydrogen) atoms. The molecule has 0 saturated carbocycles. The summed E-state index contributed by atoms with van der Waals surface area (Å²) in [5.74, 6) is -1.32. The summed E-state index contributed by atoms with van der Waals surface area (Å²) in [6, 6.07) is 6.27. The third-order valence-electron chi connectivity index (χ3n) is 7.39. The van der Waals surface area contributed by atoms with Crippen LogP contribution in [0.15, 0.2) is 35.6 Å². The number of rotatable bonds is 6. The molecule has 1 aromatic carbocycles. The molecule has 0 unspecified atom stereocenters. The van der Waals surface area contributed by atoms with Crippen LogP contribution in [0.1, 0.15) is 45.3 Å². The van der Waals surface area contributed by atoms with E-state index in [1.54, 1.807) is 20.1 Å². The van der Waals surface area contributed by atoms with Gasteiger partial charge in [0.2, 0.25) is 0 Å². The van der Waals surface area contributed by atoms with Crippen molar-refractivity contribution in [1.29, 1.82) is 5.26 Å². The minimum Gasteiger partial charge on any atom is -0.483 e. The number of hydrazone groups is 1. The number of benzene rings is 1. The Balaban J connectivity index is 1.12. The first-order chi connectivity index (χ1) is 20.2. The Morgan fingerprint density at radius 2 is 1.95 bits per heavy atom. The lowest BCUT2D eigenvalue weighted by Crippen LogP contribution is -2.58. The Morgan fingerprint density at radius 3 is 2.67 bits per heavy atom. The summed E-state index contributed by atoms with van der Waals surface area (Å²) in [7, 11) is 0. The molecule has 3 aliphatic heterocycles. The smallest absolute Gasteiger partial charge is 0.341 e. The molecule has 14 heteroatoms. The van der Waals surface area contributed by atoms with E-state index in [2.05, 4.69) is 20.5 Å². The number of aromatic nitrogens is 3. The van der Waals surface area contributed by atoms with Gasteiger partial charge >= 0.3 is 6.03 Å². The van der Waals surface area contributed by atoms with E-state index in [1.165, 1.54) is 32.8 Å². The topological polar surface area (TPSA) is 138 Å². The maximum absolute atomic E-state index is 14.7. The van der Waals surface area contributed by atoms with E-state index in [-0.39, 0.29) is 42.2 Å². The molecular weight excluding hydrogens is 550 g/mol. The lowest BCUT2D eigenvalue weighted by atomic mass is 10.0. The molecule has 0 spiro atoms. The van der Waals surface area contributed by atoms with E-state index < -0.39 is 29.8 Å². The lowest BCUT2D eigenvalue weighted by molar-refractivity contribution is -0.00348. The number of ether oxygens (including phenoxy) is 2. The molecule has 2 saturated heterocycles. The number of urea groups is 1. The minimum absolute atomic E-state index is 0.0431. The van der Waals surface area contributed by atoms with E-state index in [9.17, 15) is 23.6 Å². The van der Waals surface area contributed by atoms with Crippen LogP contribution >= 0.6 is 0 Å². The second-order valence-electron chi connectivity index (χ2n) is 10.3.